The van der Waals surface area contributed by atoms with Gasteiger partial charge < -0.3 is 9.84 Å². The summed E-state index contributed by atoms with van der Waals surface area (Å²) in [5.41, 5.74) is 0.564. The fourth-order valence-electron chi connectivity index (χ4n) is 1.48. The third-order valence-electron chi connectivity index (χ3n) is 2.45. The second-order valence-electron chi connectivity index (χ2n) is 3.88. The Balaban J connectivity index is 2.53. The number of nitrogens with zero attached hydrogens (tertiary/aromatic N) is 1. The van der Waals surface area contributed by atoms with E-state index in [1.807, 2.05) is 0 Å². The highest BCUT2D eigenvalue weighted by Gasteiger charge is 2.13. The van der Waals surface area contributed by atoms with Gasteiger partial charge in [-0.25, -0.2) is 4.79 Å². The Kier molecular flexibility index (Phi) is 6.54. The standard InChI is InChI=1S/C13H18ClNO3/c1-2-3-8-18-9-7-15(13(16)17)12-6-4-5-11(14)10-12/h4-6,10H,2-3,7-9H2,1H3,(H,16,17). The normalized spacial score (nSPS) is 10.3. The molecule has 0 aromatic heterocycles. The molecule has 0 heterocycles. The molecule has 1 amide bonds. The minimum absolute atomic E-state index is 0.305. The molecule has 0 aliphatic heterocycles. The van der Waals surface area contributed by atoms with Crippen LogP contribution < -0.4 is 4.90 Å². The van der Waals surface area contributed by atoms with E-state index in [-0.39, 0.29) is 0 Å². The summed E-state index contributed by atoms with van der Waals surface area (Å²) in [7, 11) is 0. The van der Waals surface area contributed by atoms with E-state index in [0.717, 1.165) is 12.8 Å². The van der Waals surface area contributed by atoms with Gasteiger partial charge in [0.15, 0.2) is 0 Å². The van der Waals surface area contributed by atoms with Crippen LogP contribution in [0.2, 0.25) is 5.02 Å². The first-order valence-electron chi connectivity index (χ1n) is 5.99. The molecule has 0 saturated heterocycles. The maximum atomic E-state index is 11.2. The van der Waals surface area contributed by atoms with E-state index >= 15 is 0 Å². The summed E-state index contributed by atoms with van der Waals surface area (Å²) in [6.07, 6.45) is 1.05. The molecule has 0 saturated carbocycles. The van der Waals surface area contributed by atoms with E-state index in [0.29, 0.717) is 30.5 Å². The fraction of sp³-hybridized carbons (Fsp3) is 0.462. The van der Waals surface area contributed by atoms with E-state index in [4.69, 9.17) is 21.4 Å². The van der Waals surface area contributed by atoms with Crippen molar-refractivity contribution in [2.45, 2.75) is 19.8 Å². The number of rotatable bonds is 7. The molecule has 0 atom stereocenters. The number of benzene rings is 1. The van der Waals surface area contributed by atoms with Crippen LogP contribution in [-0.2, 0) is 4.74 Å². The van der Waals surface area contributed by atoms with E-state index < -0.39 is 6.09 Å². The minimum Gasteiger partial charge on any atom is -0.465 e. The summed E-state index contributed by atoms with van der Waals surface area (Å²) in [5, 5.41) is 9.67. The van der Waals surface area contributed by atoms with Crippen molar-refractivity contribution in [2.75, 3.05) is 24.7 Å². The van der Waals surface area contributed by atoms with Crippen molar-refractivity contribution in [2.24, 2.45) is 0 Å². The van der Waals surface area contributed by atoms with Crippen LogP contribution in [0.15, 0.2) is 24.3 Å². The van der Waals surface area contributed by atoms with Crippen LogP contribution >= 0.6 is 11.6 Å². The topological polar surface area (TPSA) is 49.8 Å². The lowest BCUT2D eigenvalue weighted by Gasteiger charge is -2.19. The molecule has 0 aliphatic rings. The summed E-state index contributed by atoms with van der Waals surface area (Å²) in [6.45, 7) is 3.44. The van der Waals surface area contributed by atoms with Crippen molar-refractivity contribution in [3.05, 3.63) is 29.3 Å². The molecule has 1 N–H and O–H groups in total. The predicted octanol–water partition coefficient (Wildman–Crippen LogP) is 3.64. The van der Waals surface area contributed by atoms with Crippen molar-refractivity contribution in [1.82, 2.24) is 0 Å². The lowest BCUT2D eigenvalue weighted by atomic mass is 10.3. The molecule has 1 aromatic carbocycles. The van der Waals surface area contributed by atoms with Crippen molar-refractivity contribution in [3.8, 4) is 0 Å². The molecule has 100 valence electrons. The Hall–Kier alpha value is -1.26. The van der Waals surface area contributed by atoms with Gasteiger partial charge in [-0.05, 0) is 24.6 Å². The zero-order valence-corrected chi connectivity index (χ0v) is 11.2. The van der Waals surface area contributed by atoms with Crippen LogP contribution in [-0.4, -0.2) is 31.0 Å². The van der Waals surface area contributed by atoms with Gasteiger partial charge in [0.1, 0.15) is 0 Å². The molecular weight excluding hydrogens is 254 g/mol. The third kappa shape index (κ3) is 4.94. The van der Waals surface area contributed by atoms with Crippen LogP contribution in [0.3, 0.4) is 0 Å². The number of ether oxygens (including phenoxy) is 1. The first-order chi connectivity index (χ1) is 8.65. The maximum Gasteiger partial charge on any atom is 0.411 e. The lowest BCUT2D eigenvalue weighted by Crippen LogP contribution is -2.32. The Labute approximate surface area is 112 Å². The SMILES string of the molecule is CCCCOCCN(C(=O)O)c1cccc(Cl)c1. The molecule has 5 heteroatoms. The van der Waals surface area contributed by atoms with Crippen LogP contribution in [0, 0.1) is 0 Å². The number of carbonyl (C=O) groups is 1. The number of anilines is 1. The van der Waals surface area contributed by atoms with Gasteiger partial charge in [0, 0.05) is 17.3 Å². The van der Waals surface area contributed by atoms with Crippen molar-refractivity contribution in [1.29, 1.82) is 0 Å². The Bertz CT molecular complexity index is 384. The molecule has 0 unspecified atom stereocenters. The Morgan fingerprint density at radius 2 is 2.22 bits per heavy atom. The van der Waals surface area contributed by atoms with Crippen molar-refractivity contribution < 1.29 is 14.6 Å². The van der Waals surface area contributed by atoms with Gasteiger partial charge in [0.2, 0.25) is 0 Å². The molecular formula is C13H18ClNO3. The van der Waals surface area contributed by atoms with Gasteiger partial charge in [0.05, 0.1) is 13.2 Å². The highest BCUT2D eigenvalue weighted by Crippen LogP contribution is 2.19. The highest BCUT2D eigenvalue weighted by atomic mass is 35.5. The third-order valence-corrected chi connectivity index (χ3v) is 2.69. The molecule has 1 aromatic rings. The van der Waals surface area contributed by atoms with Gasteiger partial charge >= 0.3 is 6.09 Å². The van der Waals surface area contributed by atoms with Crippen LogP contribution in [0.4, 0.5) is 10.5 Å². The van der Waals surface area contributed by atoms with Gasteiger partial charge in [-0.3, -0.25) is 4.90 Å². The number of unbranched alkanes of at least 4 members (excludes halogenated alkanes) is 1. The van der Waals surface area contributed by atoms with Crippen molar-refractivity contribution in [3.63, 3.8) is 0 Å². The molecule has 0 fully saturated rings. The second-order valence-corrected chi connectivity index (χ2v) is 4.32. The number of hydrogen-bond donors (Lipinski definition) is 1. The number of amides is 1. The maximum absolute atomic E-state index is 11.2. The molecule has 1 rings (SSSR count). The first-order valence-corrected chi connectivity index (χ1v) is 6.36. The molecule has 0 bridgehead atoms. The van der Waals surface area contributed by atoms with Gasteiger partial charge in [0.25, 0.3) is 0 Å². The van der Waals surface area contributed by atoms with Gasteiger partial charge in [-0.1, -0.05) is 31.0 Å². The molecule has 0 radical (unpaired) electrons. The molecule has 0 aliphatic carbocycles. The van der Waals surface area contributed by atoms with E-state index in [2.05, 4.69) is 6.92 Å². The summed E-state index contributed by atoms with van der Waals surface area (Å²) in [6, 6.07) is 6.78. The van der Waals surface area contributed by atoms with E-state index in [1.54, 1.807) is 24.3 Å². The monoisotopic (exact) mass is 271 g/mol. The Morgan fingerprint density at radius 3 is 2.83 bits per heavy atom. The molecule has 18 heavy (non-hydrogen) atoms. The average molecular weight is 272 g/mol. The van der Waals surface area contributed by atoms with E-state index in [1.165, 1.54) is 4.90 Å². The lowest BCUT2D eigenvalue weighted by molar-refractivity contribution is 0.135. The Morgan fingerprint density at radius 1 is 1.44 bits per heavy atom. The number of halogens is 1. The summed E-state index contributed by atoms with van der Waals surface area (Å²) >= 11 is 5.85. The molecule has 4 nitrogen and oxygen atoms in total. The summed E-state index contributed by atoms with van der Waals surface area (Å²) in [5.74, 6) is 0. The quantitative estimate of drug-likeness (QED) is 0.770. The summed E-state index contributed by atoms with van der Waals surface area (Å²) < 4.78 is 5.37. The van der Waals surface area contributed by atoms with Crippen LogP contribution in [0.1, 0.15) is 19.8 Å². The van der Waals surface area contributed by atoms with Crippen LogP contribution in [0.25, 0.3) is 0 Å². The fourth-order valence-corrected chi connectivity index (χ4v) is 1.67. The number of hydrogen-bond acceptors (Lipinski definition) is 2. The highest BCUT2D eigenvalue weighted by molar-refractivity contribution is 6.30. The summed E-state index contributed by atoms with van der Waals surface area (Å²) in [4.78, 5) is 12.4. The van der Waals surface area contributed by atoms with Gasteiger partial charge in [-0.2, -0.15) is 0 Å². The predicted molar refractivity (Wildman–Crippen MR) is 72.5 cm³/mol. The largest absolute Gasteiger partial charge is 0.465 e. The first kappa shape index (κ1) is 14.8. The molecule has 0 spiro atoms. The van der Waals surface area contributed by atoms with Gasteiger partial charge in [-0.15, -0.1) is 0 Å². The van der Waals surface area contributed by atoms with E-state index in [9.17, 15) is 4.79 Å². The second kappa shape index (κ2) is 7.95. The average Bonchev–Trinajstić information content (AvgIpc) is 2.33. The zero-order chi connectivity index (χ0) is 13.4. The zero-order valence-electron chi connectivity index (χ0n) is 10.4. The van der Waals surface area contributed by atoms with Crippen molar-refractivity contribution >= 4 is 23.4 Å². The number of carboxylic acid groups (broad SMARTS) is 1. The smallest absolute Gasteiger partial charge is 0.411 e. The van der Waals surface area contributed by atoms with Crippen LogP contribution in [0.5, 0.6) is 0 Å². The minimum atomic E-state index is -1.00.